The molecule has 7 unspecified atom stereocenters. The highest BCUT2D eigenvalue weighted by Crippen LogP contribution is 2.73. The Balaban J connectivity index is 1.62. The zero-order valence-electron chi connectivity index (χ0n) is 18.3. The van der Waals surface area contributed by atoms with Gasteiger partial charge in [-0.1, -0.05) is 32.4 Å². The van der Waals surface area contributed by atoms with E-state index in [1.165, 1.54) is 7.11 Å². The third kappa shape index (κ3) is 2.23. The highest BCUT2D eigenvalue weighted by Gasteiger charge is 2.77. The number of methoxy groups -OCH3 is 1. The second kappa shape index (κ2) is 6.35. The second-order valence-corrected chi connectivity index (χ2v) is 10.7. The van der Waals surface area contributed by atoms with E-state index in [-0.39, 0.29) is 53.7 Å². The van der Waals surface area contributed by atoms with Crippen LogP contribution in [0.4, 0.5) is 0 Å². The molecule has 164 valence electrons. The number of carbonyl (C=O) groups excluding carboxylic acids is 2. The number of allylic oxidation sites excluding steroid dienone is 4. The van der Waals surface area contributed by atoms with E-state index in [1.54, 1.807) is 12.2 Å². The lowest BCUT2D eigenvalue weighted by Gasteiger charge is -2.64. The third-order valence-electron chi connectivity index (χ3n) is 9.47. The maximum Gasteiger partial charge on any atom is 0.193 e. The Morgan fingerprint density at radius 3 is 2.83 bits per heavy atom. The SMILES string of the molecule is COCC(=O)C12OCOC1CC1C3(C)CCC4=CC(=O)C=C[C@@]4(C)C3C(O)CC12C. The fourth-order valence-corrected chi connectivity index (χ4v) is 8.44. The topological polar surface area (TPSA) is 82.1 Å². The number of aliphatic hydroxyl groups is 1. The molecule has 0 aromatic rings. The molecular formula is C24H32O6. The van der Waals surface area contributed by atoms with Gasteiger partial charge in [0.15, 0.2) is 17.2 Å². The third-order valence-corrected chi connectivity index (χ3v) is 9.47. The minimum absolute atomic E-state index is 0.0200. The number of rotatable bonds is 3. The molecule has 6 nitrogen and oxygen atoms in total. The molecular weight excluding hydrogens is 384 g/mol. The summed E-state index contributed by atoms with van der Waals surface area (Å²) in [5.74, 6) is 0.0785. The molecule has 0 bridgehead atoms. The summed E-state index contributed by atoms with van der Waals surface area (Å²) >= 11 is 0. The van der Waals surface area contributed by atoms with Gasteiger partial charge < -0.3 is 19.3 Å². The van der Waals surface area contributed by atoms with Crippen LogP contribution in [0.1, 0.15) is 46.5 Å². The number of fused-ring (bicyclic) bond motifs is 7. The van der Waals surface area contributed by atoms with E-state index in [9.17, 15) is 14.7 Å². The summed E-state index contributed by atoms with van der Waals surface area (Å²) < 4.78 is 17.3. The van der Waals surface area contributed by atoms with Gasteiger partial charge in [0.05, 0.1) is 12.2 Å². The predicted molar refractivity (Wildman–Crippen MR) is 108 cm³/mol. The van der Waals surface area contributed by atoms with Crippen LogP contribution in [0.15, 0.2) is 23.8 Å². The van der Waals surface area contributed by atoms with Crippen molar-refractivity contribution in [2.75, 3.05) is 20.5 Å². The molecule has 0 amide bonds. The lowest BCUT2D eigenvalue weighted by Crippen LogP contribution is -2.66. The van der Waals surface area contributed by atoms with Gasteiger partial charge in [-0.05, 0) is 49.2 Å². The molecule has 4 aliphatic carbocycles. The van der Waals surface area contributed by atoms with E-state index in [0.29, 0.717) is 6.42 Å². The zero-order chi connectivity index (χ0) is 21.5. The molecule has 5 aliphatic rings. The first-order valence-electron chi connectivity index (χ1n) is 11.0. The standard InChI is InChI=1S/C24H32O6/c1-21-8-6-15(25)9-14(21)5-7-22(2)17-10-19-24(30-13-29-19,18(27)12-28-4)23(17,3)11-16(26)20(21)22/h6,8-9,16-17,19-20,26H,5,7,10-13H2,1-4H3/t16?,17?,19?,20?,21-,22?,23?,24?/m1/s1. The number of ether oxygens (including phenoxy) is 3. The van der Waals surface area contributed by atoms with Crippen molar-refractivity contribution in [3.8, 4) is 0 Å². The Morgan fingerprint density at radius 1 is 1.33 bits per heavy atom. The molecule has 6 heteroatoms. The Kier molecular flexibility index (Phi) is 4.35. The first kappa shape index (κ1) is 20.6. The normalized spacial score (nSPS) is 51.6. The lowest BCUT2D eigenvalue weighted by molar-refractivity contribution is -0.208. The summed E-state index contributed by atoms with van der Waals surface area (Å²) in [5.41, 5.74) is -1.06. The van der Waals surface area contributed by atoms with E-state index < -0.39 is 17.1 Å². The van der Waals surface area contributed by atoms with Gasteiger partial charge in [-0.3, -0.25) is 9.59 Å². The van der Waals surface area contributed by atoms with Crippen LogP contribution in [-0.4, -0.2) is 55.0 Å². The monoisotopic (exact) mass is 416 g/mol. The van der Waals surface area contributed by atoms with Crippen molar-refractivity contribution >= 4 is 11.6 Å². The number of hydrogen-bond acceptors (Lipinski definition) is 6. The molecule has 3 saturated carbocycles. The van der Waals surface area contributed by atoms with Crippen LogP contribution in [0.25, 0.3) is 0 Å². The van der Waals surface area contributed by atoms with E-state index >= 15 is 0 Å². The van der Waals surface area contributed by atoms with E-state index in [0.717, 1.165) is 24.8 Å². The van der Waals surface area contributed by atoms with Crippen molar-refractivity contribution in [1.29, 1.82) is 0 Å². The van der Waals surface area contributed by atoms with Crippen LogP contribution in [0.5, 0.6) is 0 Å². The number of hydrogen-bond donors (Lipinski definition) is 1. The van der Waals surface area contributed by atoms with Crippen LogP contribution < -0.4 is 0 Å². The number of ketones is 2. The summed E-state index contributed by atoms with van der Waals surface area (Å²) in [6.45, 7) is 6.62. The van der Waals surface area contributed by atoms with Crippen molar-refractivity contribution < 1.29 is 28.9 Å². The van der Waals surface area contributed by atoms with Crippen molar-refractivity contribution in [3.63, 3.8) is 0 Å². The van der Waals surface area contributed by atoms with E-state index in [1.807, 2.05) is 6.08 Å². The molecule has 4 fully saturated rings. The van der Waals surface area contributed by atoms with Crippen molar-refractivity contribution in [2.45, 2.75) is 64.3 Å². The molecule has 1 heterocycles. The van der Waals surface area contributed by atoms with Crippen LogP contribution in [0.3, 0.4) is 0 Å². The molecule has 0 radical (unpaired) electrons. The van der Waals surface area contributed by atoms with Gasteiger partial charge >= 0.3 is 0 Å². The molecule has 30 heavy (non-hydrogen) atoms. The second-order valence-electron chi connectivity index (χ2n) is 10.7. The molecule has 0 aromatic carbocycles. The first-order valence-corrected chi connectivity index (χ1v) is 11.0. The minimum Gasteiger partial charge on any atom is -0.393 e. The predicted octanol–water partition coefficient (Wildman–Crippen LogP) is 2.59. The fraction of sp³-hybridized carbons (Fsp3) is 0.750. The highest BCUT2D eigenvalue weighted by molar-refractivity contribution is 6.01. The molecule has 1 aliphatic heterocycles. The largest absolute Gasteiger partial charge is 0.393 e. The first-order chi connectivity index (χ1) is 14.1. The van der Waals surface area contributed by atoms with Crippen LogP contribution in [0.2, 0.25) is 0 Å². The number of Topliss-reactive ketones (excluding diaryl/α,β-unsaturated/α-hetero) is 1. The zero-order valence-corrected chi connectivity index (χ0v) is 18.3. The molecule has 1 N–H and O–H groups in total. The van der Waals surface area contributed by atoms with Gasteiger partial charge in [0.25, 0.3) is 0 Å². The maximum atomic E-state index is 13.3. The quantitative estimate of drug-likeness (QED) is 0.762. The van der Waals surface area contributed by atoms with E-state index in [2.05, 4.69) is 20.8 Å². The van der Waals surface area contributed by atoms with E-state index in [4.69, 9.17) is 14.2 Å². The summed E-state index contributed by atoms with van der Waals surface area (Å²) in [4.78, 5) is 25.4. The highest BCUT2D eigenvalue weighted by atomic mass is 16.7. The number of carbonyl (C=O) groups is 2. The summed E-state index contributed by atoms with van der Waals surface area (Å²) in [6.07, 6.45) is 7.40. The lowest BCUT2D eigenvalue weighted by atomic mass is 9.40. The molecule has 8 atom stereocenters. The van der Waals surface area contributed by atoms with Crippen LogP contribution >= 0.6 is 0 Å². The summed E-state index contributed by atoms with van der Waals surface area (Å²) in [5, 5.41) is 11.6. The molecule has 1 saturated heterocycles. The van der Waals surface area contributed by atoms with Crippen molar-refractivity contribution in [3.05, 3.63) is 23.8 Å². The van der Waals surface area contributed by atoms with Crippen molar-refractivity contribution in [2.24, 2.45) is 28.1 Å². The fourth-order valence-electron chi connectivity index (χ4n) is 8.44. The van der Waals surface area contributed by atoms with Crippen LogP contribution in [0, 0.1) is 28.1 Å². The molecule has 0 aromatic heterocycles. The number of aliphatic hydroxyl groups excluding tert-OH is 1. The van der Waals surface area contributed by atoms with Gasteiger partial charge in [-0.2, -0.15) is 0 Å². The maximum absolute atomic E-state index is 13.3. The summed E-state index contributed by atoms with van der Waals surface area (Å²) in [6, 6.07) is 0. The van der Waals surface area contributed by atoms with Gasteiger partial charge in [-0.15, -0.1) is 0 Å². The Morgan fingerprint density at radius 2 is 2.10 bits per heavy atom. The average molecular weight is 417 g/mol. The van der Waals surface area contributed by atoms with Crippen molar-refractivity contribution in [1.82, 2.24) is 0 Å². The Hall–Kier alpha value is -1.34. The average Bonchev–Trinajstić information content (AvgIpc) is 3.20. The van der Waals surface area contributed by atoms with Gasteiger partial charge in [-0.25, -0.2) is 0 Å². The van der Waals surface area contributed by atoms with Crippen LogP contribution in [-0.2, 0) is 23.8 Å². The Labute approximate surface area is 177 Å². The molecule has 0 spiro atoms. The van der Waals surface area contributed by atoms with Gasteiger partial charge in [0, 0.05) is 23.9 Å². The van der Waals surface area contributed by atoms with Gasteiger partial charge in [0.1, 0.15) is 13.4 Å². The van der Waals surface area contributed by atoms with Gasteiger partial charge in [0.2, 0.25) is 0 Å². The summed E-state index contributed by atoms with van der Waals surface area (Å²) in [7, 11) is 1.52. The Bertz CT molecular complexity index is 862. The minimum atomic E-state index is -1.07. The smallest absolute Gasteiger partial charge is 0.193 e. The molecule has 5 rings (SSSR count).